The molecule has 0 saturated heterocycles. The highest BCUT2D eigenvalue weighted by Gasteiger charge is 1.97. The summed E-state index contributed by atoms with van der Waals surface area (Å²) >= 11 is 5.22. The number of thiophene rings is 1. The van der Waals surface area contributed by atoms with Crippen LogP contribution >= 0.6 is 27.3 Å². The summed E-state index contributed by atoms with van der Waals surface area (Å²) in [6.07, 6.45) is 0. The molecule has 1 aromatic carbocycles. The molecule has 1 N–H and O–H groups in total. The van der Waals surface area contributed by atoms with E-state index in [1.54, 1.807) is 11.3 Å². The molecule has 0 bridgehead atoms. The molecule has 1 aromatic heterocycles. The lowest BCUT2D eigenvalue weighted by atomic mass is 10.2. The van der Waals surface area contributed by atoms with Crippen molar-refractivity contribution in [2.24, 2.45) is 0 Å². The van der Waals surface area contributed by atoms with Gasteiger partial charge in [0.2, 0.25) is 0 Å². The van der Waals surface area contributed by atoms with Crippen LogP contribution in [-0.4, -0.2) is 0 Å². The lowest BCUT2D eigenvalue weighted by molar-refractivity contribution is 1.19. The van der Waals surface area contributed by atoms with E-state index in [9.17, 15) is 0 Å². The van der Waals surface area contributed by atoms with Crippen LogP contribution in [0, 0.1) is 6.92 Å². The van der Waals surface area contributed by atoms with Crippen LogP contribution in [0.1, 0.15) is 10.4 Å². The quantitative estimate of drug-likeness (QED) is 0.878. The fraction of sp³-hybridized carbons (Fsp3) is 0.167. The molecule has 15 heavy (non-hydrogen) atoms. The van der Waals surface area contributed by atoms with Crippen LogP contribution in [-0.2, 0) is 6.54 Å². The lowest BCUT2D eigenvalue weighted by Gasteiger charge is -2.05. The first kappa shape index (κ1) is 10.7. The standard InChI is InChI=1S/C12H12BrNS/c1-9-3-2-4-11(5-9)14-7-12-6-10(13)8-15-12/h2-6,8,14H,7H2,1H3. The molecule has 2 aromatic rings. The maximum absolute atomic E-state index is 3.45. The first-order valence-electron chi connectivity index (χ1n) is 4.77. The van der Waals surface area contributed by atoms with E-state index in [1.165, 1.54) is 16.1 Å². The molecule has 3 heteroatoms. The second-order valence-corrected chi connectivity index (χ2v) is 5.37. The normalized spacial score (nSPS) is 10.3. The Morgan fingerprint density at radius 3 is 2.87 bits per heavy atom. The predicted molar refractivity (Wildman–Crippen MR) is 70.5 cm³/mol. The molecule has 0 radical (unpaired) electrons. The van der Waals surface area contributed by atoms with Gasteiger partial charge in [-0.25, -0.2) is 0 Å². The Labute approximate surface area is 102 Å². The van der Waals surface area contributed by atoms with E-state index in [0.717, 1.165) is 11.0 Å². The molecule has 0 aliphatic rings. The van der Waals surface area contributed by atoms with Crippen molar-refractivity contribution in [3.05, 3.63) is 50.6 Å². The third kappa shape index (κ3) is 3.08. The van der Waals surface area contributed by atoms with Gasteiger partial charge in [0.05, 0.1) is 0 Å². The minimum Gasteiger partial charge on any atom is -0.380 e. The van der Waals surface area contributed by atoms with Crippen LogP contribution in [0.15, 0.2) is 40.2 Å². The second kappa shape index (κ2) is 4.81. The average Bonchev–Trinajstić information content (AvgIpc) is 2.62. The van der Waals surface area contributed by atoms with E-state index in [-0.39, 0.29) is 0 Å². The van der Waals surface area contributed by atoms with Gasteiger partial charge in [-0.15, -0.1) is 11.3 Å². The molecule has 2 rings (SSSR count). The van der Waals surface area contributed by atoms with Crippen molar-refractivity contribution >= 4 is 33.0 Å². The van der Waals surface area contributed by atoms with E-state index in [2.05, 4.69) is 63.9 Å². The maximum atomic E-state index is 3.45. The summed E-state index contributed by atoms with van der Waals surface area (Å²) in [6.45, 7) is 2.99. The zero-order valence-corrected chi connectivity index (χ0v) is 10.9. The SMILES string of the molecule is Cc1cccc(NCc2cc(Br)cs2)c1. The molecule has 0 amide bonds. The van der Waals surface area contributed by atoms with Crippen molar-refractivity contribution in [2.75, 3.05) is 5.32 Å². The van der Waals surface area contributed by atoms with E-state index in [0.29, 0.717) is 0 Å². The summed E-state index contributed by atoms with van der Waals surface area (Å²) in [6, 6.07) is 10.6. The first-order chi connectivity index (χ1) is 7.24. The van der Waals surface area contributed by atoms with E-state index < -0.39 is 0 Å². The van der Waals surface area contributed by atoms with Crippen molar-refractivity contribution in [1.29, 1.82) is 0 Å². The predicted octanol–water partition coefficient (Wildman–Crippen LogP) is 4.43. The highest BCUT2D eigenvalue weighted by Crippen LogP contribution is 2.21. The number of hydrogen-bond donors (Lipinski definition) is 1. The molecule has 1 nitrogen and oxygen atoms in total. The van der Waals surface area contributed by atoms with E-state index >= 15 is 0 Å². The zero-order valence-electron chi connectivity index (χ0n) is 8.46. The Kier molecular flexibility index (Phi) is 3.44. The van der Waals surface area contributed by atoms with Crippen molar-refractivity contribution in [3.8, 4) is 0 Å². The summed E-state index contributed by atoms with van der Waals surface area (Å²) in [5.74, 6) is 0. The van der Waals surface area contributed by atoms with Gasteiger partial charge in [-0.3, -0.25) is 0 Å². The van der Waals surface area contributed by atoms with Crippen LogP contribution in [0.2, 0.25) is 0 Å². The van der Waals surface area contributed by atoms with Crippen molar-refractivity contribution < 1.29 is 0 Å². The summed E-state index contributed by atoms with van der Waals surface area (Å²) in [5, 5.41) is 5.51. The summed E-state index contributed by atoms with van der Waals surface area (Å²) in [7, 11) is 0. The molecular weight excluding hydrogens is 270 g/mol. The van der Waals surface area contributed by atoms with Crippen molar-refractivity contribution in [1.82, 2.24) is 0 Å². The highest BCUT2D eigenvalue weighted by atomic mass is 79.9. The topological polar surface area (TPSA) is 12.0 Å². The van der Waals surface area contributed by atoms with Crippen LogP contribution in [0.3, 0.4) is 0 Å². The summed E-state index contributed by atoms with van der Waals surface area (Å²) < 4.78 is 1.16. The molecule has 0 aliphatic heterocycles. The van der Waals surface area contributed by atoms with Gasteiger partial charge in [-0.2, -0.15) is 0 Å². The van der Waals surface area contributed by atoms with Crippen LogP contribution in [0.4, 0.5) is 5.69 Å². The number of hydrogen-bond acceptors (Lipinski definition) is 2. The Hall–Kier alpha value is -0.800. The molecule has 0 spiro atoms. The maximum Gasteiger partial charge on any atom is 0.0494 e. The number of benzene rings is 1. The third-order valence-electron chi connectivity index (χ3n) is 2.11. The fourth-order valence-corrected chi connectivity index (χ4v) is 2.78. The summed E-state index contributed by atoms with van der Waals surface area (Å²) in [4.78, 5) is 1.34. The molecule has 0 saturated carbocycles. The number of rotatable bonds is 3. The zero-order chi connectivity index (χ0) is 10.7. The minimum absolute atomic E-state index is 0.889. The van der Waals surface area contributed by atoms with Gasteiger partial charge in [-0.1, -0.05) is 12.1 Å². The van der Waals surface area contributed by atoms with Gasteiger partial charge in [0.1, 0.15) is 0 Å². The first-order valence-corrected chi connectivity index (χ1v) is 6.45. The van der Waals surface area contributed by atoms with Gasteiger partial charge < -0.3 is 5.32 Å². The Morgan fingerprint density at radius 2 is 2.20 bits per heavy atom. The van der Waals surface area contributed by atoms with Gasteiger partial charge in [0.15, 0.2) is 0 Å². The smallest absolute Gasteiger partial charge is 0.0494 e. The van der Waals surface area contributed by atoms with Gasteiger partial charge in [0, 0.05) is 27.0 Å². The molecule has 0 atom stereocenters. The van der Waals surface area contributed by atoms with Crippen molar-refractivity contribution in [2.45, 2.75) is 13.5 Å². The summed E-state index contributed by atoms with van der Waals surface area (Å²) in [5.41, 5.74) is 2.46. The lowest BCUT2D eigenvalue weighted by Crippen LogP contribution is -1.97. The number of nitrogens with one attached hydrogen (secondary N) is 1. The number of aryl methyl sites for hydroxylation is 1. The third-order valence-corrected chi connectivity index (χ3v) is 3.80. The number of anilines is 1. The average molecular weight is 282 g/mol. The highest BCUT2D eigenvalue weighted by molar-refractivity contribution is 9.10. The van der Waals surface area contributed by atoms with E-state index in [4.69, 9.17) is 0 Å². The Morgan fingerprint density at radius 1 is 1.33 bits per heavy atom. The fourth-order valence-electron chi connectivity index (χ4n) is 1.39. The molecule has 0 fully saturated rings. The second-order valence-electron chi connectivity index (χ2n) is 3.45. The molecule has 0 aliphatic carbocycles. The molecule has 1 heterocycles. The Balaban J connectivity index is 1.99. The molecular formula is C12H12BrNS. The minimum atomic E-state index is 0.889. The Bertz CT molecular complexity index is 450. The van der Waals surface area contributed by atoms with Gasteiger partial charge in [-0.05, 0) is 46.6 Å². The molecule has 78 valence electrons. The van der Waals surface area contributed by atoms with E-state index in [1.807, 2.05) is 0 Å². The van der Waals surface area contributed by atoms with Crippen LogP contribution in [0.5, 0.6) is 0 Å². The number of halogens is 1. The monoisotopic (exact) mass is 281 g/mol. The van der Waals surface area contributed by atoms with Crippen LogP contribution < -0.4 is 5.32 Å². The van der Waals surface area contributed by atoms with Crippen molar-refractivity contribution in [3.63, 3.8) is 0 Å². The van der Waals surface area contributed by atoms with Gasteiger partial charge in [0.25, 0.3) is 0 Å². The molecule has 0 unspecified atom stereocenters. The van der Waals surface area contributed by atoms with Gasteiger partial charge >= 0.3 is 0 Å². The largest absolute Gasteiger partial charge is 0.380 e. The van der Waals surface area contributed by atoms with Crippen LogP contribution in [0.25, 0.3) is 0 Å².